The number of halogens is 1. The van der Waals surface area contributed by atoms with Crippen molar-refractivity contribution in [2.75, 3.05) is 11.9 Å². The molecular formula is C13H20BrN3O. The summed E-state index contributed by atoms with van der Waals surface area (Å²) >= 11 is 3.36. The summed E-state index contributed by atoms with van der Waals surface area (Å²) in [6.45, 7) is 3.62. The predicted octanol–water partition coefficient (Wildman–Crippen LogP) is 3.02. The van der Waals surface area contributed by atoms with Gasteiger partial charge in [-0.05, 0) is 34.7 Å². The molecule has 0 amide bonds. The fourth-order valence-corrected chi connectivity index (χ4v) is 2.60. The maximum Gasteiger partial charge on any atom is 0.283 e. The fourth-order valence-electron chi connectivity index (χ4n) is 2.15. The Labute approximate surface area is 116 Å². The van der Waals surface area contributed by atoms with Gasteiger partial charge in [0.05, 0.1) is 11.9 Å². The van der Waals surface area contributed by atoms with E-state index in [0.717, 1.165) is 24.6 Å². The summed E-state index contributed by atoms with van der Waals surface area (Å²) in [5, 5.41) is 7.47. The molecule has 0 radical (unpaired) electrons. The SMILES string of the molecule is CCCn1ncc(NCCC2CCC2)c(Br)c1=O. The van der Waals surface area contributed by atoms with Gasteiger partial charge in [-0.15, -0.1) is 0 Å². The van der Waals surface area contributed by atoms with E-state index in [2.05, 4.69) is 26.3 Å². The summed E-state index contributed by atoms with van der Waals surface area (Å²) in [5.41, 5.74) is 0.761. The lowest BCUT2D eigenvalue weighted by molar-refractivity contribution is 0.303. The Morgan fingerprint density at radius 2 is 2.33 bits per heavy atom. The van der Waals surface area contributed by atoms with Crippen LogP contribution < -0.4 is 10.9 Å². The molecule has 5 heteroatoms. The molecule has 0 aromatic carbocycles. The van der Waals surface area contributed by atoms with E-state index >= 15 is 0 Å². The molecule has 4 nitrogen and oxygen atoms in total. The molecule has 18 heavy (non-hydrogen) atoms. The molecule has 1 aromatic rings. The first-order chi connectivity index (χ1) is 8.72. The van der Waals surface area contributed by atoms with Gasteiger partial charge in [0.1, 0.15) is 4.47 Å². The smallest absolute Gasteiger partial charge is 0.283 e. The molecule has 1 aliphatic carbocycles. The van der Waals surface area contributed by atoms with E-state index in [1.165, 1.54) is 30.4 Å². The highest BCUT2D eigenvalue weighted by atomic mass is 79.9. The number of hydrogen-bond donors (Lipinski definition) is 1. The fraction of sp³-hybridized carbons (Fsp3) is 0.692. The Hall–Kier alpha value is -0.840. The molecule has 1 heterocycles. The van der Waals surface area contributed by atoms with Gasteiger partial charge in [-0.1, -0.05) is 26.2 Å². The monoisotopic (exact) mass is 313 g/mol. The van der Waals surface area contributed by atoms with Crippen LogP contribution in [0.1, 0.15) is 39.0 Å². The zero-order valence-electron chi connectivity index (χ0n) is 10.8. The summed E-state index contributed by atoms with van der Waals surface area (Å²) in [6, 6.07) is 0. The van der Waals surface area contributed by atoms with Gasteiger partial charge >= 0.3 is 0 Å². The Kier molecular flexibility index (Phi) is 4.80. The van der Waals surface area contributed by atoms with E-state index in [1.807, 2.05) is 6.92 Å². The maximum absolute atomic E-state index is 12.0. The highest BCUT2D eigenvalue weighted by Crippen LogP contribution is 2.29. The second-order valence-corrected chi connectivity index (χ2v) is 5.71. The van der Waals surface area contributed by atoms with Crippen LogP contribution in [0, 0.1) is 5.92 Å². The number of aromatic nitrogens is 2. The maximum atomic E-state index is 12.0. The molecule has 2 rings (SSSR count). The van der Waals surface area contributed by atoms with E-state index in [0.29, 0.717) is 11.0 Å². The second kappa shape index (κ2) is 6.36. The lowest BCUT2D eigenvalue weighted by Crippen LogP contribution is -2.25. The lowest BCUT2D eigenvalue weighted by Gasteiger charge is -2.25. The Morgan fingerprint density at radius 1 is 1.56 bits per heavy atom. The first-order valence-electron chi connectivity index (χ1n) is 6.72. The van der Waals surface area contributed by atoms with E-state index in [1.54, 1.807) is 6.20 Å². The molecule has 1 aliphatic rings. The van der Waals surface area contributed by atoms with Crippen molar-refractivity contribution in [3.8, 4) is 0 Å². The van der Waals surface area contributed by atoms with Gasteiger partial charge in [-0.3, -0.25) is 4.79 Å². The summed E-state index contributed by atoms with van der Waals surface area (Å²) in [4.78, 5) is 12.0. The minimum Gasteiger partial charge on any atom is -0.383 e. The standard InChI is InChI=1S/C13H20BrN3O/c1-2-8-17-13(18)12(14)11(9-16-17)15-7-6-10-4-3-5-10/h9-10,15H,2-8H2,1H3. The Bertz CT molecular complexity index is 454. The van der Waals surface area contributed by atoms with Gasteiger partial charge in [0.15, 0.2) is 0 Å². The molecular weight excluding hydrogens is 294 g/mol. The number of nitrogens with zero attached hydrogens (tertiary/aromatic N) is 2. The molecule has 0 spiro atoms. The molecule has 0 aliphatic heterocycles. The van der Waals surface area contributed by atoms with Crippen LogP contribution in [0.4, 0.5) is 5.69 Å². The van der Waals surface area contributed by atoms with Crippen LogP contribution in [0.5, 0.6) is 0 Å². The van der Waals surface area contributed by atoms with Crippen molar-refractivity contribution < 1.29 is 0 Å². The molecule has 0 saturated heterocycles. The number of nitrogens with one attached hydrogen (secondary N) is 1. The first-order valence-corrected chi connectivity index (χ1v) is 7.51. The minimum absolute atomic E-state index is 0.0505. The Balaban J connectivity index is 1.95. The van der Waals surface area contributed by atoms with Crippen molar-refractivity contribution in [3.05, 3.63) is 21.0 Å². The van der Waals surface area contributed by atoms with Crippen LogP contribution in [0.2, 0.25) is 0 Å². The van der Waals surface area contributed by atoms with E-state index < -0.39 is 0 Å². The highest BCUT2D eigenvalue weighted by Gasteiger charge is 2.16. The van der Waals surface area contributed by atoms with Gasteiger partial charge in [0.2, 0.25) is 0 Å². The summed E-state index contributed by atoms with van der Waals surface area (Å²) in [7, 11) is 0. The van der Waals surface area contributed by atoms with Gasteiger partial charge in [0, 0.05) is 13.1 Å². The molecule has 0 atom stereocenters. The minimum atomic E-state index is -0.0505. The summed E-state index contributed by atoms with van der Waals surface area (Å²) < 4.78 is 2.10. The third-order valence-electron chi connectivity index (χ3n) is 3.51. The molecule has 100 valence electrons. The molecule has 0 unspecified atom stereocenters. The number of hydrogen-bond acceptors (Lipinski definition) is 3. The first kappa shape index (κ1) is 13.6. The van der Waals surface area contributed by atoms with Crippen molar-refractivity contribution >= 4 is 21.6 Å². The zero-order valence-corrected chi connectivity index (χ0v) is 12.4. The average molecular weight is 314 g/mol. The van der Waals surface area contributed by atoms with Gasteiger partial charge in [-0.2, -0.15) is 5.10 Å². The number of rotatable bonds is 6. The van der Waals surface area contributed by atoms with E-state index in [-0.39, 0.29) is 5.56 Å². The second-order valence-electron chi connectivity index (χ2n) is 4.91. The Morgan fingerprint density at radius 3 is 2.94 bits per heavy atom. The number of anilines is 1. The van der Waals surface area contributed by atoms with Crippen molar-refractivity contribution in [1.29, 1.82) is 0 Å². The third-order valence-corrected chi connectivity index (χ3v) is 4.28. The normalized spacial score (nSPS) is 15.4. The predicted molar refractivity (Wildman–Crippen MR) is 76.9 cm³/mol. The van der Waals surface area contributed by atoms with Crippen molar-refractivity contribution in [1.82, 2.24) is 9.78 Å². The molecule has 1 aromatic heterocycles. The van der Waals surface area contributed by atoms with E-state index in [9.17, 15) is 4.79 Å². The largest absolute Gasteiger partial charge is 0.383 e. The summed E-state index contributed by atoms with van der Waals surface area (Å²) in [6.07, 6.45) is 7.93. The van der Waals surface area contributed by atoms with Crippen LogP contribution in [0.3, 0.4) is 0 Å². The van der Waals surface area contributed by atoms with E-state index in [4.69, 9.17) is 0 Å². The average Bonchev–Trinajstić information content (AvgIpc) is 2.31. The summed E-state index contributed by atoms with van der Waals surface area (Å²) in [5.74, 6) is 0.879. The lowest BCUT2D eigenvalue weighted by atomic mass is 9.83. The van der Waals surface area contributed by atoms with Crippen molar-refractivity contribution in [2.24, 2.45) is 5.92 Å². The third kappa shape index (κ3) is 3.13. The molecule has 1 saturated carbocycles. The molecule has 1 fully saturated rings. The number of aryl methyl sites for hydroxylation is 1. The van der Waals surface area contributed by atoms with Crippen LogP contribution >= 0.6 is 15.9 Å². The van der Waals surface area contributed by atoms with Gasteiger partial charge in [-0.25, -0.2) is 4.68 Å². The molecule has 0 bridgehead atoms. The topological polar surface area (TPSA) is 46.9 Å². The van der Waals surface area contributed by atoms with Gasteiger partial charge in [0.25, 0.3) is 5.56 Å². The van der Waals surface area contributed by atoms with Crippen LogP contribution in [-0.2, 0) is 6.54 Å². The quantitative estimate of drug-likeness (QED) is 0.878. The van der Waals surface area contributed by atoms with Crippen LogP contribution in [0.15, 0.2) is 15.5 Å². The van der Waals surface area contributed by atoms with Crippen LogP contribution in [-0.4, -0.2) is 16.3 Å². The van der Waals surface area contributed by atoms with Crippen LogP contribution in [0.25, 0.3) is 0 Å². The highest BCUT2D eigenvalue weighted by molar-refractivity contribution is 9.10. The molecule has 1 N–H and O–H groups in total. The van der Waals surface area contributed by atoms with Crippen molar-refractivity contribution in [2.45, 2.75) is 45.6 Å². The van der Waals surface area contributed by atoms with Crippen molar-refractivity contribution in [3.63, 3.8) is 0 Å². The zero-order chi connectivity index (χ0) is 13.0. The van der Waals surface area contributed by atoms with Gasteiger partial charge < -0.3 is 5.32 Å².